The molecule has 9 nitrogen and oxygen atoms in total. The summed E-state index contributed by atoms with van der Waals surface area (Å²) in [4.78, 5) is 28.2. The van der Waals surface area contributed by atoms with E-state index < -0.39 is 18.2 Å². The molecule has 0 bridgehead atoms. The number of amides is 1. The number of ether oxygens (including phenoxy) is 4. The Morgan fingerprint density at radius 2 is 2.00 bits per heavy atom. The van der Waals surface area contributed by atoms with Crippen LogP contribution in [0.4, 0.5) is 4.79 Å². The van der Waals surface area contributed by atoms with Gasteiger partial charge in [-0.1, -0.05) is 27.7 Å². The Hall–Kier alpha value is -2.55. The summed E-state index contributed by atoms with van der Waals surface area (Å²) in [5.74, 6) is 1.09. The fraction of sp³-hybridized carbons (Fsp3) is 0.720. The topological polar surface area (TPSA) is 116 Å². The zero-order valence-electron chi connectivity index (χ0n) is 21.2. The van der Waals surface area contributed by atoms with E-state index in [4.69, 9.17) is 18.9 Å². The number of methoxy groups -OCH3 is 2. The molecule has 0 saturated carbocycles. The van der Waals surface area contributed by atoms with Crippen LogP contribution in [0.2, 0.25) is 0 Å². The van der Waals surface area contributed by atoms with Crippen LogP contribution in [-0.4, -0.2) is 61.7 Å². The van der Waals surface area contributed by atoms with Gasteiger partial charge in [0.1, 0.15) is 6.10 Å². The zero-order valence-corrected chi connectivity index (χ0v) is 21.2. The normalized spacial score (nSPS) is 19.7. The molecular weight excluding hydrogens is 440 g/mol. The number of hydrogen-bond acceptors (Lipinski definition) is 7. The van der Waals surface area contributed by atoms with Crippen molar-refractivity contribution in [3.05, 3.63) is 17.8 Å². The summed E-state index contributed by atoms with van der Waals surface area (Å²) < 4.78 is 21.9. The predicted octanol–water partition coefficient (Wildman–Crippen LogP) is 3.93. The number of esters is 1. The summed E-state index contributed by atoms with van der Waals surface area (Å²) in [6, 6.07) is 1.45. The second kappa shape index (κ2) is 13.4. The lowest BCUT2D eigenvalue weighted by atomic mass is 9.82. The van der Waals surface area contributed by atoms with Gasteiger partial charge >= 0.3 is 12.1 Å². The third-order valence-corrected chi connectivity index (χ3v) is 6.43. The van der Waals surface area contributed by atoms with Gasteiger partial charge in [-0.3, -0.25) is 4.79 Å². The van der Waals surface area contributed by atoms with Crippen molar-refractivity contribution in [1.29, 1.82) is 0 Å². The monoisotopic (exact) mass is 480 g/mol. The summed E-state index contributed by atoms with van der Waals surface area (Å²) in [7, 11) is 3.20. The largest absolute Gasteiger partial charge is 0.488 e. The summed E-state index contributed by atoms with van der Waals surface area (Å²) in [5.41, 5.74) is 0.971. The fourth-order valence-electron chi connectivity index (χ4n) is 4.33. The first-order chi connectivity index (χ1) is 16.2. The molecule has 1 aromatic heterocycles. The Kier molecular flexibility index (Phi) is 10.9. The van der Waals surface area contributed by atoms with Crippen LogP contribution in [0.3, 0.4) is 0 Å². The second-order valence-corrected chi connectivity index (χ2v) is 9.61. The van der Waals surface area contributed by atoms with Crippen molar-refractivity contribution in [3.63, 3.8) is 0 Å². The first-order valence-corrected chi connectivity index (χ1v) is 12.0. The highest BCUT2D eigenvalue weighted by Gasteiger charge is 2.41. The number of aromatic nitrogens is 1. The molecule has 2 heterocycles. The smallest absolute Gasteiger partial charge is 0.405 e. The fourth-order valence-corrected chi connectivity index (χ4v) is 4.33. The van der Waals surface area contributed by atoms with Crippen molar-refractivity contribution in [2.24, 2.45) is 23.7 Å². The lowest BCUT2D eigenvalue weighted by molar-refractivity contribution is -0.146. The van der Waals surface area contributed by atoms with Gasteiger partial charge in [0.25, 0.3) is 5.88 Å². The minimum atomic E-state index is -1.12. The third-order valence-electron chi connectivity index (χ3n) is 6.43. The molecule has 2 N–H and O–H groups in total. The summed E-state index contributed by atoms with van der Waals surface area (Å²) in [6.07, 6.45) is 2.67. The average molecular weight is 481 g/mol. The molecule has 0 radical (unpaired) electrons. The lowest BCUT2D eigenvalue weighted by Gasteiger charge is -2.29. The van der Waals surface area contributed by atoms with E-state index in [0.717, 1.165) is 12.0 Å². The number of rotatable bonds is 14. The molecule has 0 spiro atoms. The van der Waals surface area contributed by atoms with Gasteiger partial charge in [0.15, 0.2) is 5.75 Å². The van der Waals surface area contributed by atoms with Crippen molar-refractivity contribution < 1.29 is 33.6 Å². The standard InChI is InChI=1S/C25H40N2O7/c1-15(2)18(10-17-11-22(23(32-6)26-14-17)33-9-7-8-31-5)12-20(27-25(29)30)21-13-19(16(3)4)24(28)34-21/h11,14-16,18-21,27H,7-10,12-13H2,1-6H3,(H,29,30)/t18-,19+,20+,21+/m1/s1. The van der Waals surface area contributed by atoms with Gasteiger partial charge in [-0.15, -0.1) is 0 Å². The van der Waals surface area contributed by atoms with Crippen LogP contribution in [0, 0.1) is 23.7 Å². The van der Waals surface area contributed by atoms with Gasteiger partial charge in [-0.2, -0.15) is 0 Å². The summed E-state index contributed by atoms with van der Waals surface area (Å²) >= 11 is 0. The highest BCUT2D eigenvalue weighted by molar-refractivity contribution is 5.75. The van der Waals surface area contributed by atoms with E-state index >= 15 is 0 Å². The quantitative estimate of drug-likeness (QED) is 0.304. The number of nitrogens with zero attached hydrogens (tertiary/aromatic N) is 1. The molecule has 1 amide bonds. The van der Waals surface area contributed by atoms with Crippen LogP contribution >= 0.6 is 0 Å². The molecule has 1 aliphatic rings. The van der Waals surface area contributed by atoms with Gasteiger partial charge in [-0.25, -0.2) is 9.78 Å². The number of nitrogens with one attached hydrogen (secondary N) is 1. The second-order valence-electron chi connectivity index (χ2n) is 9.61. The van der Waals surface area contributed by atoms with Crippen LogP contribution in [0.1, 0.15) is 52.5 Å². The maximum absolute atomic E-state index is 12.3. The molecule has 4 atom stereocenters. The number of hydrogen-bond donors (Lipinski definition) is 2. The van der Waals surface area contributed by atoms with E-state index in [1.54, 1.807) is 20.4 Å². The molecule has 192 valence electrons. The van der Waals surface area contributed by atoms with Gasteiger partial charge in [-0.05, 0) is 48.6 Å². The Bertz CT molecular complexity index is 799. The number of carboxylic acid groups (broad SMARTS) is 1. The van der Waals surface area contributed by atoms with Crippen molar-refractivity contribution in [2.75, 3.05) is 27.4 Å². The first-order valence-electron chi connectivity index (χ1n) is 12.0. The van der Waals surface area contributed by atoms with E-state index in [1.165, 1.54) is 0 Å². The van der Waals surface area contributed by atoms with Crippen LogP contribution in [0.25, 0.3) is 0 Å². The molecule has 1 aromatic rings. The number of pyridine rings is 1. The van der Waals surface area contributed by atoms with E-state index in [9.17, 15) is 14.7 Å². The van der Waals surface area contributed by atoms with E-state index in [2.05, 4.69) is 24.1 Å². The Morgan fingerprint density at radius 3 is 2.56 bits per heavy atom. The Labute approximate surface area is 202 Å². The van der Waals surface area contributed by atoms with Crippen molar-refractivity contribution in [1.82, 2.24) is 10.3 Å². The van der Waals surface area contributed by atoms with Gasteiger partial charge in [0.05, 0.1) is 25.7 Å². The van der Waals surface area contributed by atoms with Crippen molar-refractivity contribution in [3.8, 4) is 11.6 Å². The number of carbonyl (C=O) groups is 2. The van der Waals surface area contributed by atoms with Crippen molar-refractivity contribution >= 4 is 12.1 Å². The maximum Gasteiger partial charge on any atom is 0.405 e. The molecule has 0 aromatic carbocycles. The summed E-state index contributed by atoms with van der Waals surface area (Å²) in [6.45, 7) is 9.27. The Balaban J connectivity index is 2.16. The molecule has 0 unspecified atom stereocenters. The van der Waals surface area contributed by atoms with E-state index in [-0.39, 0.29) is 29.6 Å². The van der Waals surface area contributed by atoms with E-state index in [1.807, 2.05) is 19.9 Å². The van der Waals surface area contributed by atoms with Gasteiger partial charge in [0, 0.05) is 26.3 Å². The van der Waals surface area contributed by atoms with Crippen LogP contribution in [0.5, 0.6) is 11.6 Å². The average Bonchev–Trinajstić information content (AvgIpc) is 3.17. The molecular formula is C25H40N2O7. The highest BCUT2D eigenvalue weighted by Crippen LogP contribution is 2.34. The van der Waals surface area contributed by atoms with Crippen LogP contribution in [-0.2, 0) is 20.7 Å². The number of cyclic esters (lactones) is 1. The maximum atomic E-state index is 12.3. The van der Waals surface area contributed by atoms with Gasteiger partial charge in [0.2, 0.25) is 0 Å². The molecule has 1 fully saturated rings. The molecule has 34 heavy (non-hydrogen) atoms. The van der Waals surface area contributed by atoms with Crippen LogP contribution < -0.4 is 14.8 Å². The molecule has 2 rings (SSSR count). The van der Waals surface area contributed by atoms with Crippen molar-refractivity contribution in [2.45, 2.75) is 65.5 Å². The highest BCUT2D eigenvalue weighted by atomic mass is 16.6. The summed E-state index contributed by atoms with van der Waals surface area (Å²) in [5, 5.41) is 12.0. The zero-order chi connectivity index (χ0) is 25.3. The number of carbonyl (C=O) groups excluding carboxylic acids is 1. The lowest BCUT2D eigenvalue weighted by Crippen LogP contribution is -2.44. The molecule has 1 saturated heterocycles. The minimum absolute atomic E-state index is 0.130. The SMILES string of the molecule is COCCCOc1cc(C[C@H](C[C@H](NC(=O)O)[C@@H]2C[C@@H](C(C)C)C(=O)O2)C(C)C)cnc1OC. The van der Waals surface area contributed by atoms with Crippen LogP contribution in [0.15, 0.2) is 12.3 Å². The minimum Gasteiger partial charge on any atom is -0.488 e. The molecule has 1 aliphatic heterocycles. The van der Waals surface area contributed by atoms with Gasteiger partial charge < -0.3 is 29.4 Å². The predicted molar refractivity (Wildman–Crippen MR) is 127 cm³/mol. The third kappa shape index (κ3) is 8.04. The molecule has 9 heteroatoms. The Morgan fingerprint density at radius 1 is 1.26 bits per heavy atom. The molecule has 0 aliphatic carbocycles. The first kappa shape index (κ1) is 27.7. The van der Waals surface area contributed by atoms with E-state index in [0.29, 0.717) is 44.1 Å².